The second kappa shape index (κ2) is 5.99. The predicted octanol–water partition coefficient (Wildman–Crippen LogP) is 3.78. The first-order valence-electron chi connectivity index (χ1n) is 5.99. The lowest BCUT2D eigenvalue weighted by Crippen LogP contribution is -2.25. The molecule has 0 aliphatic heterocycles. The molecule has 0 aromatic carbocycles. The Morgan fingerprint density at radius 1 is 1.05 bits per heavy atom. The Balaban J connectivity index is 2.23. The van der Waals surface area contributed by atoms with Crippen molar-refractivity contribution in [3.63, 3.8) is 0 Å². The van der Waals surface area contributed by atoms with Gasteiger partial charge in [-0.1, -0.05) is 13.8 Å². The van der Waals surface area contributed by atoms with Crippen LogP contribution in [0.2, 0.25) is 0 Å². The minimum Gasteiger partial charge on any atom is -0.434 e. The molecule has 2 rings (SSSR count). The molecule has 0 spiro atoms. The molecule has 0 N–H and O–H groups in total. The van der Waals surface area contributed by atoms with E-state index in [4.69, 9.17) is 17.9 Å². The molecule has 0 radical (unpaired) electrons. The van der Waals surface area contributed by atoms with Crippen LogP contribution in [-0.2, 0) is 4.57 Å². The third-order valence-corrected chi connectivity index (χ3v) is 4.56. The molecular weight excluding hydrogens is 269 g/mol. The lowest BCUT2D eigenvalue weighted by atomic mass is 10.7. The highest BCUT2D eigenvalue weighted by molar-refractivity contribution is 7.52. The van der Waals surface area contributed by atoms with Crippen LogP contribution in [0.3, 0.4) is 0 Å². The van der Waals surface area contributed by atoms with Crippen molar-refractivity contribution in [1.29, 1.82) is 0 Å². The molecular formula is C12H16NO5P. The zero-order valence-corrected chi connectivity index (χ0v) is 11.7. The second-order valence-corrected chi connectivity index (χ2v) is 5.52. The van der Waals surface area contributed by atoms with Crippen molar-refractivity contribution < 1.29 is 22.4 Å². The van der Waals surface area contributed by atoms with Gasteiger partial charge in [-0.05, 0) is 12.1 Å². The highest BCUT2D eigenvalue weighted by Crippen LogP contribution is 2.51. The number of hydrogen-bond donors (Lipinski definition) is 0. The van der Waals surface area contributed by atoms with E-state index in [9.17, 15) is 4.57 Å². The summed E-state index contributed by atoms with van der Waals surface area (Å²) in [5.74, 6) is 0.281. The van der Waals surface area contributed by atoms with Gasteiger partial charge in [-0.25, -0.2) is 4.57 Å². The van der Waals surface area contributed by atoms with Crippen molar-refractivity contribution in [2.24, 2.45) is 0 Å². The van der Waals surface area contributed by atoms with Crippen molar-refractivity contribution in [2.45, 2.75) is 13.8 Å². The van der Waals surface area contributed by atoms with Gasteiger partial charge >= 0.3 is 7.75 Å². The summed E-state index contributed by atoms with van der Waals surface area (Å²) < 4.78 is 35.3. The van der Waals surface area contributed by atoms with E-state index >= 15 is 0 Å². The average Bonchev–Trinajstić information content (AvgIpc) is 3.04. The third-order valence-electron chi connectivity index (χ3n) is 2.48. The monoisotopic (exact) mass is 285 g/mol. The van der Waals surface area contributed by atoms with Gasteiger partial charge in [0, 0.05) is 25.2 Å². The summed E-state index contributed by atoms with van der Waals surface area (Å²) in [7, 11) is -3.56. The SMILES string of the molecule is CCN(CC)P(=O)(Oc1ccco1)Oc1ccco1. The molecule has 2 heterocycles. The summed E-state index contributed by atoms with van der Waals surface area (Å²) in [5, 5.41) is 0. The van der Waals surface area contributed by atoms with Crippen LogP contribution >= 0.6 is 7.75 Å². The molecule has 0 amide bonds. The quantitative estimate of drug-likeness (QED) is 0.721. The Hall–Kier alpha value is -1.65. The number of furan rings is 2. The molecule has 0 aliphatic rings. The second-order valence-electron chi connectivity index (χ2n) is 3.65. The van der Waals surface area contributed by atoms with Crippen LogP contribution in [0.4, 0.5) is 0 Å². The molecule has 0 aliphatic carbocycles. The van der Waals surface area contributed by atoms with Crippen LogP contribution in [0.25, 0.3) is 0 Å². The van der Waals surface area contributed by atoms with E-state index < -0.39 is 7.75 Å². The average molecular weight is 285 g/mol. The molecule has 0 saturated carbocycles. The van der Waals surface area contributed by atoms with Crippen LogP contribution in [-0.4, -0.2) is 17.8 Å². The Morgan fingerprint density at radius 2 is 1.53 bits per heavy atom. The fourth-order valence-electron chi connectivity index (χ4n) is 1.56. The van der Waals surface area contributed by atoms with Crippen LogP contribution in [0.1, 0.15) is 13.8 Å². The maximum atomic E-state index is 12.9. The largest absolute Gasteiger partial charge is 0.520 e. The number of nitrogens with zero attached hydrogens (tertiary/aromatic N) is 1. The van der Waals surface area contributed by atoms with Crippen molar-refractivity contribution in [3.05, 3.63) is 36.8 Å². The van der Waals surface area contributed by atoms with E-state index in [0.29, 0.717) is 13.1 Å². The Morgan fingerprint density at radius 3 is 1.84 bits per heavy atom. The third kappa shape index (κ3) is 3.22. The van der Waals surface area contributed by atoms with Gasteiger partial charge in [0.05, 0.1) is 12.5 Å². The summed E-state index contributed by atoms with van der Waals surface area (Å²) in [6, 6.07) is 6.44. The first-order chi connectivity index (χ1) is 9.18. The molecule has 0 atom stereocenters. The van der Waals surface area contributed by atoms with Gasteiger partial charge in [0.2, 0.25) is 0 Å². The van der Waals surface area contributed by atoms with Crippen LogP contribution in [0.15, 0.2) is 45.6 Å². The highest BCUT2D eigenvalue weighted by Gasteiger charge is 2.37. The minimum absolute atomic E-state index is 0.141. The van der Waals surface area contributed by atoms with Gasteiger partial charge in [0.15, 0.2) is 0 Å². The van der Waals surface area contributed by atoms with Crippen LogP contribution < -0.4 is 9.05 Å². The van der Waals surface area contributed by atoms with Gasteiger partial charge in [-0.2, -0.15) is 4.67 Å². The summed E-state index contributed by atoms with van der Waals surface area (Å²) in [6.07, 6.45) is 2.88. The normalized spacial score (nSPS) is 11.7. The number of hydrogen-bond acceptors (Lipinski definition) is 5. The molecule has 19 heavy (non-hydrogen) atoms. The zero-order valence-electron chi connectivity index (χ0n) is 10.8. The summed E-state index contributed by atoms with van der Waals surface area (Å²) >= 11 is 0. The maximum absolute atomic E-state index is 12.9. The summed E-state index contributed by atoms with van der Waals surface area (Å²) in [6.45, 7) is 4.75. The van der Waals surface area contributed by atoms with Gasteiger partial charge in [0.1, 0.15) is 0 Å². The maximum Gasteiger partial charge on any atom is 0.520 e. The molecule has 0 saturated heterocycles. The van der Waals surface area contributed by atoms with Gasteiger partial charge in [0.25, 0.3) is 11.9 Å². The van der Waals surface area contributed by atoms with Gasteiger partial charge in [-0.15, -0.1) is 0 Å². The molecule has 0 unspecified atom stereocenters. The molecule has 0 bridgehead atoms. The van der Waals surface area contributed by atoms with Crippen LogP contribution in [0, 0.1) is 0 Å². The van der Waals surface area contributed by atoms with E-state index in [2.05, 4.69) is 0 Å². The Bertz CT molecular complexity index is 478. The molecule has 2 aromatic heterocycles. The molecule has 2 aromatic rings. The van der Waals surface area contributed by atoms with Crippen molar-refractivity contribution in [2.75, 3.05) is 13.1 Å². The lowest BCUT2D eigenvalue weighted by molar-refractivity contribution is 0.247. The van der Waals surface area contributed by atoms with Crippen molar-refractivity contribution in [3.8, 4) is 11.9 Å². The van der Waals surface area contributed by atoms with Gasteiger partial charge < -0.3 is 17.9 Å². The first kappa shape index (κ1) is 13.8. The van der Waals surface area contributed by atoms with E-state index in [1.807, 2.05) is 13.8 Å². The highest BCUT2D eigenvalue weighted by atomic mass is 31.2. The standard InChI is InChI=1S/C12H16NO5P/c1-3-13(4-2)19(14,17-11-7-5-9-15-11)18-12-8-6-10-16-12/h5-10H,3-4H2,1-2H3. The zero-order chi connectivity index (χ0) is 13.7. The van der Waals surface area contributed by atoms with Crippen molar-refractivity contribution in [1.82, 2.24) is 4.67 Å². The molecule has 0 fully saturated rings. The fourth-order valence-corrected chi connectivity index (χ4v) is 3.19. The van der Waals surface area contributed by atoms with E-state index in [0.717, 1.165) is 0 Å². The van der Waals surface area contributed by atoms with Gasteiger partial charge in [-0.3, -0.25) is 0 Å². The van der Waals surface area contributed by atoms with E-state index in [1.54, 1.807) is 28.9 Å². The molecule has 7 heteroatoms. The van der Waals surface area contributed by atoms with Crippen molar-refractivity contribution >= 4 is 7.75 Å². The Labute approximate surface area is 111 Å². The van der Waals surface area contributed by atoms with E-state index in [1.165, 1.54) is 12.5 Å². The fraction of sp³-hybridized carbons (Fsp3) is 0.333. The summed E-state index contributed by atoms with van der Waals surface area (Å²) in [5.41, 5.74) is 0. The van der Waals surface area contributed by atoms with Crippen LogP contribution in [0.5, 0.6) is 11.9 Å². The smallest absolute Gasteiger partial charge is 0.434 e. The van der Waals surface area contributed by atoms with E-state index in [-0.39, 0.29) is 11.9 Å². The number of rotatable bonds is 7. The topological polar surface area (TPSA) is 65.1 Å². The minimum atomic E-state index is -3.56. The molecule has 104 valence electrons. The predicted molar refractivity (Wildman–Crippen MR) is 69.2 cm³/mol. The summed E-state index contributed by atoms with van der Waals surface area (Å²) in [4.78, 5) is 0. The lowest BCUT2D eigenvalue weighted by Gasteiger charge is -2.26. The molecule has 6 nitrogen and oxygen atoms in total. The Kier molecular flexibility index (Phi) is 4.35. The first-order valence-corrected chi connectivity index (χ1v) is 7.49.